The van der Waals surface area contributed by atoms with Crippen molar-refractivity contribution < 1.29 is 13.7 Å². The highest BCUT2D eigenvalue weighted by Crippen LogP contribution is 2.43. The van der Waals surface area contributed by atoms with E-state index in [2.05, 4.69) is 88.4 Å². The fourth-order valence-electron chi connectivity index (χ4n) is 2.67. The highest BCUT2D eigenvalue weighted by molar-refractivity contribution is 6.74. The zero-order valence-electron chi connectivity index (χ0n) is 19.4. The minimum Gasteiger partial charge on any atom is -0.417 e. The van der Waals surface area contributed by atoms with Gasteiger partial charge in [-0.25, -0.2) is 0 Å². The van der Waals surface area contributed by atoms with Gasteiger partial charge in [0, 0.05) is 12.4 Å². The van der Waals surface area contributed by atoms with Crippen LogP contribution in [-0.2, 0) is 13.7 Å². The fraction of sp³-hybridized carbons (Fsp3) is 0.905. The average Bonchev–Trinajstić information content (AvgIpc) is 2.68. The maximum atomic E-state index is 6.51. The van der Waals surface area contributed by atoms with E-state index in [0.29, 0.717) is 5.92 Å². The maximum Gasteiger partial charge on any atom is 0.465 e. The number of hydrogen-bond acceptors (Lipinski definition) is 3. The summed E-state index contributed by atoms with van der Waals surface area (Å²) in [5.74, 6) is 0.529. The van der Waals surface area contributed by atoms with Gasteiger partial charge in [-0.15, -0.1) is 0 Å². The van der Waals surface area contributed by atoms with Crippen LogP contribution in [0.15, 0.2) is 11.6 Å². The molecule has 0 unspecified atom stereocenters. The second-order valence-corrected chi connectivity index (χ2v) is 15.4. The molecule has 2 atom stereocenters. The van der Waals surface area contributed by atoms with Crippen LogP contribution in [0.5, 0.6) is 0 Å². The van der Waals surface area contributed by atoms with Gasteiger partial charge in [-0.05, 0) is 65.1 Å². The highest BCUT2D eigenvalue weighted by atomic mass is 28.4. The summed E-state index contributed by atoms with van der Waals surface area (Å²) in [5, 5.41) is 0.224. The molecule has 0 radical (unpaired) electrons. The number of hydrogen-bond donors (Lipinski definition) is 0. The maximum absolute atomic E-state index is 6.51. The van der Waals surface area contributed by atoms with E-state index in [1.54, 1.807) is 0 Å². The number of allylic oxidation sites excluding steroid dienone is 2. The van der Waals surface area contributed by atoms with Gasteiger partial charge in [-0.2, -0.15) is 0 Å². The summed E-state index contributed by atoms with van der Waals surface area (Å²) in [6, 6.07) is 0. The summed E-state index contributed by atoms with van der Waals surface area (Å²) in [5.41, 5.74) is 0.775. The zero-order valence-corrected chi connectivity index (χ0v) is 20.4. The van der Waals surface area contributed by atoms with E-state index in [9.17, 15) is 0 Å². The van der Waals surface area contributed by atoms with E-state index >= 15 is 0 Å². The highest BCUT2D eigenvalue weighted by Gasteiger charge is 2.54. The third kappa shape index (κ3) is 5.46. The molecule has 0 aromatic carbocycles. The SMILES string of the molecule is CC/C(C)=C/[C@@H](B1OC(C)(C)C(C)(C)O1)[C@H](C)CO[Si](C)(C)C(C)(C)C. The van der Waals surface area contributed by atoms with Crippen LogP contribution >= 0.6 is 0 Å². The normalized spacial score (nSPS) is 23.2. The Balaban J connectivity index is 2.98. The Bertz CT molecular complexity index is 490. The van der Waals surface area contributed by atoms with E-state index < -0.39 is 8.32 Å². The van der Waals surface area contributed by atoms with Crippen LogP contribution in [-0.4, -0.2) is 33.2 Å². The minimum atomic E-state index is -1.76. The standard InChI is InChI=1S/C21H43BO3Si/c1-13-16(2)14-18(22-24-20(7,8)21(9,10)25-22)17(3)15-23-26(11,12)19(4,5)6/h14,17-18H,13,15H2,1-12H3/b16-14+/t17-,18-/m1/s1. The molecule has 1 fully saturated rings. The van der Waals surface area contributed by atoms with Crippen molar-refractivity contribution in [3.05, 3.63) is 11.6 Å². The first kappa shape index (κ1) is 23.9. The minimum absolute atomic E-state index is 0.195. The molecule has 0 amide bonds. The summed E-state index contributed by atoms with van der Waals surface area (Å²) >= 11 is 0. The molecular formula is C21H43BO3Si. The predicted octanol–water partition coefficient (Wildman–Crippen LogP) is 6.46. The lowest BCUT2D eigenvalue weighted by molar-refractivity contribution is 0.00578. The fourth-order valence-corrected chi connectivity index (χ4v) is 3.78. The molecule has 0 aliphatic carbocycles. The Morgan fingerprint density at radius 2 is 1.58 bits per heavy atom. The Hall–Kier alpha value is -0.0982. The van der Waals surface area contributed by atoms with Crippen molar-refractivity contribution in [1.82, 2.24) is 0 Å². The Kier molecular flexibility index (Phi) is 7.46. The molecule has 0 N–H and O–H groups in total. The first-order chi connectivity index (χ1) is 11.5. The third-order valence-electron chi connectivity index (χ3n) is 6.79. The first-order valence-corrected chi connectivity index (χ1v) is 13.1. The van der Waals surface area contributed by atoms with Gasteiger partial charge in [0.25, 0.3) is 0 Å². The van der Waals surface area contributed by atoms with Gasteiger partial charge in [0.1, 0.15) is 0 Å². The van der Waals surface area contributed by atoms with Crippen LogP contribution in [0.25, 0.3) is 0 Å². The predicted molar refractivity (Wildman–Crippen MR) is 116 cm³/mol. The van der Waals surface area contributed by atoms with Crippen LogP contribution in [0.1, 0.15) is 75.7 Å². The van der Waals surface area contributed by atoms with Crippen LogP contribution in [0.4, 0.5) is 0 Å². The van der Waals surface area contributed by atoms with Crippen molar-refractivity contribution in [2.75, 3.05) is 6.61 Å². The van der Waals surface area contributed by atoms with E-state index in [4.69, 9.17) is 13.7 Å². The van der Waals surface area contributed by atoms with Gasteiger partial charge in [-0.1, -0.05) is 46.3 Å². The largest absolute Gasteiger partial charge is 0.465 e. The van der Waals surface area contributed by atoms with E-state index in [-0.39, 0.29) is 29.2 Å². The van der Waals surface area contributed by atoms with Gasteiger partial charge in [-0.3, -0.25) is 0 Å². The van der Waals surface area contributed by atoms with Crippen molar-refractivity contribution in [3.8, 4) is 0 Å². The Morgan fingerprint density at radius 1 is 1.12 bits per heavy atom. The smallest absolute Gasteiger partial charge is 0.417 e. The molecule has 152 valence electrons. The topological polar surface area (TPSA) is 27.7 Å². The molecule has 1 aliphatic rings. The van der Waals surface area contributed by atoms with Gasteiger partial charge in [0.15, 0.2) is 8.32 Å². The molecular weight excluding hydrogens is 339 g/mol. The molecule has 1 saturated heterocycles. The Morgan fingerprint density at radius 3 is 1.96 bits per heavy atom. The lowest BCUT2D eigenvalue weighted by Gasteiger charge is -2.37. The zero-order chi connectivity index (χ0) is 20.6. The molecule has 0 bridgehead atoms. The van der Waals surface area contributed by atoms with Gasteiger partial charge in [0.05, 0.1) is 11.2 Å². The van der Waals surface area contributed by atoms with Crippen molar-refractivity contribution in [3.63, 3.8) is 0 Å². The van der Waals surface area contributed by atoms with E-state index in [1.807, 2.05) is 0 Å². The van der Waals surface area contributed by atoms with E-state index in [1.165, 1.54) is 5.57 Å². The molecule has 0 aromatic rings. The van der Waals surface area contributed by atoms with Gasteiger partial charge >= 0.3 is 7.12 Å². The molecule has 1 aliphatic heterocycles. The second-order valence-electron chi connectivity index (χ2n) is 10.6. The molecule has 26 heavy (non-hydrogen) atoms. The summed E-state index contributed by atoms with van der Waals surface area (Å²) in [4.78, 5) is 0. The quantitative estimate of drug-likeness (QED) is 0.373. The third-order valence-corrected chi connectivity index (χ3v) is 11.3. The summed E-state index contributed by atoms with van der Waals surface area (Å²) < 4.78 is 19.3. The molecule has 3 nitrogen and oxygen atoms in total. The van der Waals surface area contributed by atoms with Crippen LogP contribution in [0.3, 0.4) is 0 Å². The monoisotopic (exact) mass is 382 g/mol. The summed E-state index contributed by atoms with van der Waals surface area (Å²) in [6.45, 7) is 27.4. The lowest BCUT2D eigenvalue weighted by Crippen LogP contribution is -2.42. The van der Waals surface area contributed by atoms with Gasteiger partial charge < -0.3 is 13.7 Å². The molecule has 0 spiro atoms. The average molecular weight is 382 g/mol. The molecule has 1 heterocycles. The lowest BCUT2D eigenvalue weighted by atomic mass is 9.64. The molecule has 0 aromatic heterocycles. The van der Waals surface area contributed by atoms with Crippen molar-refractivity contribution >= 4 is 15.4 Å². The van der Waals surface area contributed by atoms with Crippen molar-refractivity contribution in [2.45, 2.75) is 111 Å². The molecule has 1 rings (SSSR count). The van der Waals surface area contributed by atoms with E-state index in [0.717, 1.165) is 13.0 Å². The van der Waals surface area contributed by atoms with Gasteiger partial charge in [0.2, 0.25) is 0 Å². The van der Waals surface area contributed by atoms with Crippen LogP contribution in [0.2, 0.25) is 23.9 Å². The summed E-state index contributed by atoms with van der Waals surface area (Å²) in [7, 11) is -1.98. The molecule has 0 saturated carbocycles. The van der Waals surface area contributed by atoms with Crippen molar-refractivity contribution in [1.29, 1.82) is 0 Å². The van der Waals surface area contributed by atoms with Crippen LogP contribution in [0, 0.1) is 5.92 Å². The first-order valence-electron chi connectivity index (χ1n) is 10.2. The second kappa shape index (κ2) is 8.10. The number of rotatable bonds is 7. The summed E-state index contributed by atoms with van der Waals surface area (Å²) in [6.07, 6.45) is 3.40. The van der Waals surface area contributed by atoms with Crippen LogP contribution < -0.4 is 0 Å². The Labute approximate surface area is 164 Å². The molecule has 5 heteroatoms. The van der Waals surface area contributed by atoms with Crippen molar-refractivity contribution in [2.24, 2.45) is 5.92 Å².